The average Bonchev–Trinajstić information content (AvgIpc) is 2.84. The minimum atomic E-state index is -0.524. The second kappa shape index (κ2) is 13.1. The highest BCUT2D eigenvalue weighted by atomic mass is 16.5. The van der Waals surface area contributed by atoms with E-state index in [0.29, 0.717) is 29.5 Å². The Morgan fingerprint density at radius 1 is 0.806 bits per heavy atom. The van der Waals surface area contributed by atoms with Gasteiger partial charge in [0.2, 0.25) is 5.91 Å². The summed E-state index contributed by atoms with van der Waals surface area (Å²) < 4.78 is 11.1. The summed E-state index contributed by atoms with van der Waals surface area (Å²) in [4.78, 5) is 35.9. The largest absolute Gasteiger partial charge is 0.457 e. The van der Waals surface area contributed by atoms with E-state index in [-0.39, 0.29) is 25.4 Å². The van der Waals surface area contributed by atoms with E-state index in [0.717, 1.165) is 16.9 Å². The van der Waals surface area contributed by atoms with E-state index >= 15 is 0 Å². The molecule has 7 nitrogen and oxygen atoms in total. The molecule has 0 heterocycles. The average molecular weight is 489 g/mol. The third-order valence-corrected chi connectivity index (χ3v) is 5.36. The minimum absolute atomic E-state index is 0.0491. The SMILES string of the molecule is Cc1ccc(C(C)C)c(Oc2ccc(NC(=O)CCCC(=O)OCC(=O)Nc3ccccc3)cc2)c1. The molecule has 7 heteroatoms. The van der Waals surface area contributed by atoms with Crippen LogP contribution in [0.5, 0.6) is 11.5 Å². The molecule has 0 aromatic heterocycles. The van der Waals surface area contributed by atoms with E-state index in [1.165, 1.54) is 0 Å². The molecule has 36 heavy (non-hydrogen) atoms. The molecule has 3 aromatic carbocycles. The first-order valence-corrected chi connectivity index (χ1v) is 12.0. The van der Waals surface area contributed by atoms with Crippen LogP contribution in [0.1, 0.15) is 50.2 Å². The molecule has 188 valence electrons. The van der Waals surface area contributed by atoms with Gasteiger partial charge in [-0.25, -0.2) is 0 Å². The number of ether oxygens (including phenoxy) is 2. The molecule has 2 N–H and O–H groups in total. The van der Waals surface area contributed by atoms with E-state index in [2.05, 4.69) is 36.6 Å². The lowest BCUT2D eigenvalue weighted by Gasteiger charge is -2.15. The zero-order chi connectivity index (χ0) is 25.9. The highest BCUT2D eigenvalue weighted by Crippen LogP contribution is 2.32. The lowest BCUT2D eigenvalue weighted by molar-refractivity contribution is -0.147. The van der Waals surface area contributed by atoms with Gasteiger partial charge >= 0.3 is 5.97 Å². The van der Waals surface area contributed by atoms with Gasteiger partial charge in [-0.2, -0.15) is 0 Å². The van der Waals surface area contributed by atoms with Gasteiger partial charge < -0.3 is 20.1 Å². The minimum Gasteiger partial charge on any atom is -0.457 e. The smallest absolute Gasteiger partial charge is 0.306 e. The molecule has 0 atom stereocenters. The number of nitrogens with one attached hydrogen (secondary N) is 2. The Bertz CT molecular complexity index is 1170. The van der Waals surface area contributed by atoms with Crippen LogP contribution < -0.4 is 15.4 Å². The lowest BCUT2D eigenvalue weighted by Crippen LogP contribution is -2.21. The molecule has 0 radical (unpaired) electrons. The predicted octanol–water partition coefficient (Wildman–Crippen LogP) is 6.20. The third-order valence-electron chi connectivity index (χ3n) is 5.36. The first kappa shape index (κ1) is 26.5. The number of aryl methyl sites for hydroxylation is 1. The molecule has 3 rings (SSSR count). The summed E-state index contributed by atoms with van der Waals surface area (Å²) in [7, 11) is 0. The van der Waals surface area contributed by atoms with Gasteiger partial charge in [-0.05, 0) is 72.9 Å². The number of carbonyl (C=O) groups is 3. The Kier molecular flexibility index (Phi) is 9.63. The molecule has 0 aliphatic carbocycles. The molecule has 0 bridgehead atoms. The number of benzene rings is 3. The van der Waals surface area contributed by atoms with Crippen LogP contribution in [0.15, 0.2) is 72.8 Å². The number of rotatable bonds is 11. The maximum Gasteiger partial charge on any atom is 0.306 e. The number of amides is 2. The van der Waals surface area contributed by atoms with Gasteiger partial charge in [0.25, 0.3) is 5.91 Å². The number of anilines is 2. The van der Waals surface area contributed by atoms with Gasteiger partial charge in [0.05, 0.1) is 0 Å². The van der Waals surface area contributed by atoms with Crippen molar-refractivity contribution in [2.45, 2.75) is 46.0 Å². The molecule has 3 aromatic rings. The summed E-state index contributed by atoms with van der Waals surface area (Å²) in [5.74, 6) is 0.694. The normalized spacial score (nSPS) is 10.6. The molecule has 2 amide bonds. The fraction of sp³-hybridized carbons (Fsp3) is 0.276. The number of para-hydroxylation sites is 1. The van der Waals surface area contributed by atoms with Crippen LogP contribution >= 0.6 is 0 Å². The van der Waals surface area contributed by atoms with E-state index in [4.69, 9.17) is 9.47 Å². The summed E-state index contributed by atoms with van der Waals surface area (Å²) in [5.41, 5.74) is 3.53. The molecule has 0 aliphatic heterocycles. The van der Waals surface area contributed by atoms with Gasteiger partial charge in [0.1, 0.15) is 11.5 Å². The zero-order valence-corrected chi connectivity index (χ0v) is 20.9. The van der Waals surface area contributed by atoms with Crippen LogP contribution in [0.25, 0.3) is 0 Å². The highest BCUT2D eigenvalue weighted by molar-refractivity contribution is 5.93. The van der Waals surface area contributed by atoms with Gasteiger partial charge in [-0.3, -0.25) is 14.4 Å². The van der Waals surface area contributed by atoms with Crippen molar-refractivity contribution in [3.05, 3.63) is 83.9 Å². The summed E-state index contributed by atoms with van der Waals surface area (Å²) in [5, 5.41) is 5.45. The van der Waals surface area contributed by atoms with Crippen molar-refractivity contribution in [3.63, 3.8) is 0 Å². The Hall–Kier alpha value is -4.13. The molecule has 0 unspecified atom stereocenters. The van der Waals surface area contributed by atoms with Gasteiger partial charge in [0.15, 0.2) is 6.61 Å². The summed E-state index contributed by atoms with van der Waals surface area (Å²) in [6, 6.07) is 22.2. The molecule has 0 fully saturated rings. The lowest BCUT2D eigenvalue weighted by atomic mass is 10.0. The van der Waals surface area contributed by atoms with Crippen LogP contribution in [0.2, 0.25) is 0 Å². The Morgan fingerprint density at radius 2 is 1.47 bits per heavy atom. The van der Waals surface area contributed by atoms with Crippen molar-refractivity contribution in [2.24, 2.45) is 0 Å². The third kappa shape index (κ3) is 8.58. The number of carbonyl (C=O) groups excluding carboxylic acids is 3. The number of hydrogen-bond donors (Lipinski definition) is 2. The van der Waals surface area contributed by atoms with Gasteiger partial charge in [0, 0.05) is 24.2 Å². The molecule has 0 spiro atoms. The van der Waals surface area contributed by atoms with Crippen molar-refractivity contribution in [3.8, 4) is 11.5 Å². The Labute approximate surface area is 211 Å². The molecular formula is C29H32N2O5. The van der Waals surface area contributed by atoms with E-state index < -0.39 is 11.9 Å². The molecular weight excluding hydrogens is 456 g/mol. The first-order valence-electron chi connectivity index (χ1n) is 12.0. The highest BCUT2D eigenvalue weighted by Gasteiger charge is 2.11. The summed E-state index contributed by atoms with van der Waals surface area (Å²) in [6.07, 6.45) is 0.523. The van der Waals surface area contributed by atoms with Crippen LogP contribution in [0.4, 0.5) is 11.4 Å². The summed E-state index contributed by atoms with van der Waals surface area (Å²) >= 11 is 0. The van der Waals surface area contributed by atoms with E-state index in [9.17, 15) is 14.4 Å². The topological polar surface area (TPSA) is 93.7 Å². The maximum absolute atomic E-state index is 12.2. The van der Waals surface area contributed by atoms with Crippen molar-refractivity contribution in [1.29, 1.82) is 0 Å². The standard InChI is InChI=1S/C29H32N2O5/c1-20(2)25-17-12-21(3)18-26(25)36-24-15-13-23(14-16-24)30-27(32)10-7-11-29(34)35-19-28(33)31-22-8-5-4-6-9-22/h4-6,8-9,12-18,20H,7,10-11,19H2,1-3H3,(H,30,32)(H,31,33). The first-order chi connectivity index (χ1) is 17.3. The predicted molar refractivity (Wildman–Crippen MR) is 140 cm³/mol. The number of esters is 1. The van der Waals surface area contributed by atoms with Gasteiger partial charge in [-0.15, -0.1) is 0 Å². The van der Waals surface area contributed by atoms with E-state index in [1.807, 2.05) is 19.1 Å². The fourth-order valence-corrected chi connectivity index (χ4v) is 3.49. The van der Waals surface area contributed by atoms with Crippen molar-refractivity contribution in [2.75, 3.05) is 17.2 Å². The molecule has 0 saturated carbocycles. The van der Waals surface area contributed by atoms with Crippen LogP contribution in [-0.4, -0.2) is 24.4 Å². The monoisotopic (exact) mass is 488 g/mol. The molecule has 0 saturated heterocycles. The van der Waals surface area contributed by atoms with Gasteiger partial charge in [-0.1, -0.05) is 44.2 Å². The Morgan fingerprint density at radius 3 is 2.17 bits per heavy atom. The quantitative estimate of drug-likeness (QED) is 0.313. The van der Waals surface area contributed by atoms with Crippen LogP contribution in [0.3, 0.4) is 0 Å². The van der Waals surface area contributed by atoms with Crippen molar-refractivity contribution >= 4 is 29.2 Å². The van der Waals surface area contributed by atoms with Crippen LogP contribution in [-0.2, 0) is 19.1 Å². The maximum atomic E-state index is 12.2. The van der Waals surface area contributed by atoms with Crippen molar-refractivity contribution < 1.29 is 23.9 Å². The Balaban J connectivity index is 1.38. The van der Waals surface area contributed by atoms with Crippen LogP contribution in [0, 0.1) is 6.92 Å². The second-order valence-corrected chi connectivity index (χ2v) is 8.80. The summed E-state index contributed by atoms with van der Waals surface area (Å²) in [6.45, 7) is 5.91. The van der Waals surface area contributed by atoms with E-state index in [1.54, 1.807) is 48.5 Å². The number of hydrogen-bond acceptors (Lipinski definition) is 5. The molecule has 0 aliphatic rings. The van der Waals surface area contributed by atoms with Crippen molar-refractivity contribution in [1.82, 2.24) is 0 Å². The zero-order valence-electron chi connectivity index (χ0n) is 20.9. The second-order valence-electron chi connectivity index (χ2n) is 8.80. The fourth-order valence-electron chi connectivity index (χ4n) is 3.49.